The summed E-state index contributed by atoms with van der Waals surface area (Å²) in [5, 5.41) is 12.0. The van der Waals surface area contributed by atoms with Crippen LogP contribution in [0, 0.1) is 17.8 Å². The van der Waals surface area contributed by atoms with E-state index in [0.29, 0.717) is 19.0 Å². The number of amides is 2. The van der Waals surface area contributed by atoms with Crippen molar-refractivity contribution >= 4 is 12.0 Å². The van der Waals surface area contributed by atoms with Crippen molar-refractivity contribution < 1.29 is 14.7 Å². The minimum absolute atomic E-state index is 0.0362. The second kappa shape index (κ2) is 5.16. The van der Waals surface area contributed by atoms with E-state index in [-0.39, 0.29) is 11.9 Å². The molecule has 0 radical (unpaired) electrons. The SMILES string of the molecule is CC(CNC(=O)N1CCC(C)C1C(=O)O)C1CC1. The van der Waals surface area contributed by atoms with Crippen LogP contribution in [0.15, 0.2) is 0 Å². The van der Waals surface area contributed by atoms with Crippen LogP contribution in [0.25, 0.3) is 0 Å². The van der Waals surface area contributed by atoms with Crippen molar-refractivity contribution in [1.29, 1.82) is 0 Å². The van der Waals surface area contributed by atoms with Gasteiger partial charge in [-0.1, -0.05) is 13.8 Å². The van der Waals surface area contributed by atoms with Crippen LogP contribution in [-0.4, -0.2) is 41.1 Å². The predicted molar refractivity (Wildman–Crippen MR) is 67.2 cm³/mol. The number of likely N-dealkylation sites (tertiary alicyclic amines) is 1. The lowest BCUT2D eigenvalue weighted by molar-refractivity contribution is -0.142. The lowest BCUT2D eigenvalue weighted by atomic mass is 10.0. The summed E-state index contributed by atoms with van der Waals surface area (Å²) >= 11 is 0. The van der Waals surface area contributed by atoms with Crippen molar-refractivity contribution in [3.05, 3.63) is 0 Å². The maximum Gasteiger partial charge on any atom is 0.326 e. The Labute approximate surface area is 108 Å². The van der Waals surface area contributed by atoms with Crippen LogP contribution in [0.2, 0.25) is 0 Å². The summed E-state index contributed by atoms with van der Waals surface area (Å²) in [7, 11) is 0. The van der Waals surface area contributed by atoms with Crippen LogP contribution in [0.5, 0.6) is 0 Å². The molecule has 0 bridgehead atoms. The van der Waals surface area contributed by atoms with Crippen molar-refractivity contribution in [2.24, 2.45) is 17.8 Å². The topological polar surface area (TPSA) is 69.6 Å². The fraction of sp³-hybridized carbons (Fsp3) is 0.846. The van der Waals surface area contributed by atoms with E-state index in [1.54, 1.807) is 0 Å². The summed E-state index contributed by atoms with van der Waals surface area (Å²) < 4.78 is 0. The number of carboxylic acids is 1. The molecule has 3 atom stereocenters. The molecule has 3 unspecified atom stereocenters. The van der Waals surface area contributed by atoms with Crippen molar-refractivity contribution in [2.75, 3.05) is 13.1 Å². The molecule has 1 saturated carbocycles. The van der Waals surface area contributed by atoms with E-state index in [2.05, 4.69) is 12.2 Å². The highest BCUT2D eigenvalue weighted by molar-refractivity contribution is 5.83. The summed E-state index contributed by atoms with van der Waals surface area (Å²) in [5.41, 5.74) is 0. The van der Waals surface area contributed by atoms with Crippen LogP contribution in [0.3, 0.4) is 0 Å². The molecular formula is C13H22N2O3. The maximum atomic E-state index is 12.0. The molecule has 2 amide bonds. The van der Waals surface area contributed by atoms with Gasteiger partial charge in [-0.15, -0.1) is 0 Å². The number of nitrogens with zero attached hydrogens (tertiary/aromatic N) is 1. The van der Waals surface area contributed by atoms with E-state index in [0.717, 1.165) is 12.3 Å². The Morgan fingerprint density at radius 3 is 2.61 bits per heavy atom. The van der Waals surface area contributed by atoms with Crippen LogP contribution in [0.1, 0.15) is 33.1 Å². The van der Waals surface area contributed by atoms with Crippen molar-refractivity contribution in [3.63, 3.8) is 0 Å². The smallest absolute Gasteiger partial charge is 0.326 e. The number of urea groups is 1. The van der Waals surface area contributed by atoms with E-state index in [9.17, 15) is 9.59 Å². The number of nitrogens with one attached hydrogen (secondary N) is 1. The molecule has 5 nitrogen and oxygen atoms in total. The molecule has 1 aliphatic carbocycles. The number of carboxylic acid groups (broad SMARTS) is 1. The average molecular weight is 254 g/mol. The van der Waals surface area contributed by atoms with Gasteiger partial charge in [-0.2, -0.15) is 0 Å². The molecule has 1 aliphatic heterocycles. The number of hydrogen-bond donors (Lipinski definition) is 2. The van der Waals surface area contributed by atoms with Gasteiger partial charge in [-0.25, -0.2) is 9.59 Å². The van der Waals surface area contributed by atoms with Gasteiger partial charge in [-0.3, -0.25) is 0 Å². The Kier molecular flexibility index (Phi) is 3.78. The van der Waals surface area contributed by atoms with Crippen molar-refractivity contribution in [2.45, 2.75) is 39.2 Å². The van der Waals surface area contributed by atoms with Gasteiger partial charge in [-0.05, 0) is 37.0 Å². The van der Waals surface area contributed by atoms with Crippen LogP contribution < -0.4 is 5.32 Å². The second-order valence-electron chi connectivity index (χ2n) is 5.74. The number of carbonyl (C=O) groups is 2. The monoisotopic (exact) mass is 254 g/mol. The van der Waals surface area contributed by atoms with Gasteiger partial charge in [0.2, 0.25) is 0 Å². The molecule has 1 heterocycles. The van der Waals surface area contributed by atoms with E-state index < -0.39 is 12.0 Å². The lowest BCUT2D eigenvalue weighted by Gasteiger charge is -2.24. The fourth-order valence-electron chi connectivity index (χ4n) is 2.73. The summed E-state index contributed by atoms with van der Waals surface area (Å²) in [6.07, 6.45) is 3.29. The molecule has 0 aromatic carbocycles. The first-order valence-corrected chi connectivity index (χ1v) is 6.78. The van der Waals surface area contributed by atoms with Gasteiger partial charge < -0.3 is 15.3 Å². The van der Waals surface area contributed by atoms with Gasteiger partial charge in [0.05, 0.1) is 0 Å². The third-order valence-corrected chi connectivity index (χ3v) is 4.22. The zero-order valence-corrected chi connectivity index (χ0v) is 11.1. The second-order valence-corrected chi connectivity index (χ2v) is 5.74. The van der Waals surface area contributed by atoms with Gasteiger partial charge in [0.25, 0.3) is 0 Å². The molecule has 0 spiro atoms. The van der Waals surface area contributed by atoms with Gasteiger partial charge in [0, 0.05) is 13.1 Å². The lowest BCUT2D eigenvalue weighted by Crippen LogP contribution is -2.48. The Morgan fingerprint density at radius 2 is 2.06 bits per heavy atom. The predicted octanol–water partition coefficient (Wildman–Crippen LogP) is 1.54. The zero-order chi connectivity index (χ0) is 13.3. The van der Waals surface area contributed by atoms with E-state index in [1.165, 1.54) is 17.7 Å². The highest BCUT2D eigenvalue weighted by atomic mass is 16.4. The largest absolute Gasteiger partial charge is 0.480 e. The molecule has 2 N–H and O–H groups in total. The molecule has 2 aliphatic rings. The Bertz CT molecular complexity index is 341. The Hall–Kier alpha value is -1.26. The summed E-state index contributed by atoms with van der Waals surface area (Å²) in [5.74, 6) is 0.384. The first-order valence-electron chi connectivity index (χ1n) is 6.78. The fourth-order valence-corrected chi connectivity index (χ4v) is 2.73. The third-order valence-electron chi connectivity index (χ3n) is 4.22. The molecule has 5 heteroatoms. The number of carbonyl (C=O) groups excluding carboxylic acids is 1. The van der Waals surface area contributed by atoms with E-state index in [1.807, 2.05) is 6.92 Å². The van der Waals surface area contributed by atoms with E-state index in [4.69, 9.17) is 5.11 Å². The number of aliphatic carboxylic acids is 1. The molecule has 1 saturated heterocycles. The summed E-state index contributed by atoms with van der Waals surface area (Å²) in [6.45, 7) is 5.22. The highest BCUT2D eigenvalue weighted by Crippen LogP contribution is 2.36. The molecule has 18 heavy (non-hydrogen) atoms. The molecular weight excluding hydrogens is 232 g/mol. The van der Waals surface area contributed by atoms with E-state index >= 15 is 0 Å². The maximum absolute atomic E-state index is 12.0. The molecule has 2 rings (SSSR count). The number of rotatable bonds is 4. The Balaban J connectivity index is 1.85. The minimum atomic E-state index is -0.898. The van der Waals surface area contributed by atoms with Crippen LogP contribution in [-0.2, 0) is 4.79 Å². The highest BCUT2D eigenvalue weighted by Gasteiger charge is 2.39. The molecule has 102 valence electrons. The van der Waals surface area contributed by atoms with Crippen LogP contribution in [0.4, 0.5) is 4.79 Å². The quantitative estimate of drug-likeness (QED) is 0.799. The normalized spacial score (nSPS) is 29.1. The van der Waals surface area contributed by atoms with Gasteiger partial charge >= 0.3 is 12.0 Å². The van der Waals surface area contributed by atoms with Gasteiger partial charge in [0.1, 0.15) is 6.04 Å². The summed E-state index contributed by atoms with van der Waals surface area (Å²) in [4.78, 5) is 24.6. The minimum Gasteiger partial charge on any atom is -0.480 e. The molecule has 2 fully saturated rings. The Morgan fingerprint density at radius 1 is 1.39 bits per heavy atom. The van der Waals surface area contributed by atoms with Crippen molar-refractivity contribution in [3.8, 4) is 0 Å². The van der Waals surface area contributed by atoms with Gasteiger partial charge in [0.15, 0.2) is 0 Å². The van der Waals surface area contributed by atoms with Crippen molar-refractivity contribution in [1.82, 2.24) is 10.2 Å². The molecule has 0 aromatic rings. The zero-order valence-electron chi connectivity index (χ0n) is 11.1. The summed E-state index contributed by atoms with van der Waals surface area (Å²) in [6, 6.07) is -0.888. The van der Waals surface area contributed by atoms with Crippen LogP contribution >= 0.6 is 0 Å². The first-order chi connectivity index (χ1) is 8.50. The standard InChI is InChI=1S/C13H22N2O3/c1-8-5-6-15(11(8)12(16)17)13(18)14-7-9(2)10-3-4-10/h8-11H,3-7H2,1-2H3,(H,14,18)(H,16,17). The third kappa shape index (κ3) is 2.76. The average Bonchev–Trinajstić information content (AvgIpc) is 3.08. The molecule has 0 aromatic heterocycles. The number of hydrogen-bond acceptors (Lipinski definition) is 2. The first kappa shape index (κ1) is 13.2.